The van der Waals surface area contributed by atoms with Crippen molar-refractivity contribution in [2.75, 3.05) is 6.61 Å². The molecular weight excluding hydrogens is 191 g/mol. The van der Waals surface area contributed by atoms with Crippen LogP contribution >= 0.6 is 0 Å². The molecule has 1 atom stereocenters. The van der Waals surface area contributed by atoms with Crippen LogP contribution in [0.1, 0.15) is 20.3 Å². The molecule has 1 aromatic rings. The molecule has 3 nitrogen and oxygen atoms in total. The molecule has 82 valence electrons. The normalized spacial score (nSPS) is 12.3. The molecule has 1 unspecified atom stereocenters. The van der Waals surface area contributed by atoms with Gasteiger partial charge in [-0.15, -0.1) is 0 Å². The quantitative estimate of drug-likeness (QED) is 0.703. The molecule has 0 amide bonds. The standard InChI is InChI=1S/C11H17BO3/c1-3-9(2)8-15-11-6-4-5-10(7-11)12(13)14/h4-7,9,13-14H,3,8H2,1-2H3. The van der Waals surface area contributed by atoms with Gasteiger partial charge in [-0.25, -0.2) is 0 Å². The molecule has 0 saturated carbocycles. The highest BCUT2D eigenvalue weighted by Crippen LogP contribution is 2.10. The molecule has 0 aliphatic rings. The van der Waals surface area contributed by atoms with Crippen molar-refractivity contribution in [1.29, 1.82) is 0 Å². The molecule has 1 aromatic carbocycles. The molecule has 0 aromatic heterocycles. The van der Waals surface area contributed by atoms with E-state index in [1.54, 1.807) is 18.2 Å². The van der Waals surface area contributed by atoms with Crippen molar-refractivity contribution >= 4 is 12.6 Å². The summed E-state index contributed by atoms with van der Waals surface area (Å²) in [5.41, 5.74) is 0.455. The Morgan fingerprint density at radius 2 is 2.13 bits per heavy atom. The van der Waals surface area contributed by atoms with Gasteiger partial charge in [-0.05, 0) is 23.5 Å². The highest BCUT2D eigenvalue weighted by Gasteiger charge is 2.11. The Kier molecular flexibility index (Phi) is 4.65. The molecule has 0 aliphatic carbocycles. The van der Waals surface area contributed by atoms with Gasteiger partial charge in [0.1, 0.15) is 5.75 Å². The molecule has 0 radical (unpaired) electrons. The SMILES string of the molecule is CCC(C)COc1cccc(B(O)O)c1. The average Bonchev–Trinajstić information content (AvgIpc) is 2.26. The third-order valence-corrected chi connectivity index (χ3v) is 2.39. The Bertz CT molecular complexity index is 302. The molecule has 0 bridgehead atoms. The fourth-order valence-electron chi connectivity index (χ4n) is 1.12. The van der Waals surface area contributed by atoms with E-state index in [1.165, 1.54) is 0 Å². The lowest BCUT2D eigenvalue weighted by molar-refractivity contribution is 0.256. The van der Waals surface area contributed by atoms with Gasteiger partial charge in [0.25, 0.3) is 0 Å². The predicted octanol–water partition coefficient (Wildman–Crippen LogP) is 0.791. The molecule has 0 saturated heterocycles. The summed E-state index contributed by atoms with van der Waals surface area (Å²) in [6.45, 7) is 4.88. The summed E-state index contributed by atoms with van der Waals surface area (Å²) in [6, 6.07) is 6.86. The number of hydrogen-bond acceptors (Lipinski definition) is 3. The maximum atomic E-state index is 8.97. The van der Waals surface area contributed by atoms with Crippen LogP contribution in [0.2, 0.25) is 0 Å². The van der Waals surface area contributed by atoms with Gasteiger partial charge in [-0.2, -0.15) is 0 Å². The third-order valence-electron chi connectivity index (χ3n) is 2.39. The smallest absolute Gasteiger partial charge is 0.488 e. The van der Waals surface area contributed by atoms with Crippen molar-refractivity contribution in [1.82, 2.24) is 0 Å². The van der Waals surface area contributed by atoms with Crippen LogP contribution < -0.4 is 10.2 Å². The number of ether oxygens (including phenoxy) is 1. The summed E-state index contributed by atoms with van der Waals surface area (Å²) in [7, 11) is -1.43. The lowest BCUT2D eigenvalue weighted by atomic mass is 9.80. The van der Waals surface area contributed by atoms with Crippen molar-refractivity contribution in [3.8, 4) is 5.75 Å². The Balaban J connectivity index is 2.58. The van der Waals surface area contributed by atoms with Crippen molar-refractivity contribution in [3.05, 3.63) is 24.3 Å². The summed E-state index contributed by atoms with van der Waals surface area (Å²) in [4.78, 5) is 0. The summed E-state index contributed by atoms with van der Waals surface area (Å²) < 4.78 is 5.53. The molecule has 0 fully saturated rings. The maximum absolute atomic E-state index is 8.97. The zero-order valence-corrected chi connectivity index (χ0v) is 9.18. The zero-order valence-electron chi connectivity index (χ0n) is 9.18. The summed E-state index contributed by atoms with van der Waals surface area (Å²) in [5, 5.41) is 17.9. The van der Waals surface area contributed by atoms with Crippen LogP contribution in [0.5, 0.6) is 5.75 Å². The first-order valence-corrected chi connectivity index (χ1v) is 5.22. The van der Waals surface area contributed by atoms with E-state index in [2.05, 4.69) is 13.8 Å². The second-order valence-corrected chi connectivity index (χ2v) is 3.77. The van der Waals surface area contributed by atoms with Crippen molar-refractivity contribution in [2.45, 2.75) is 20.3 Å². The monoisotopic (exact) mass is 208 g/mol. The molecule has 1 rings (SSSR count). The van der Waals surface area contributed by atoms with E-state index in [9.17, 15) is 0 Å². The Morgan fingerprint density at radius 1 is 1.40 bits per heavy atom. The van der Waals surface area contributed by atoms with E-state index in [0.717, 1.165) is 6.42 Å². The van der Waals surface area contributed by atoms with Gasteiger partial charge in [-0.3, -0.25) is 0 Å². The average molecular weight is 208 g/mol. The maximum Gasteiger partial charge on any atom is 0.488 e. The van der Waals surface area contributed by atoms with E-state index >= 15 is 0 Å². The minimum absolute atomic E-state index is 0.455. The van der Waals surface area contributed by atoms with E-state index < -0.39 is 7.12 Å². The molecule has 0 aliphatic heterocycles. The first-order valence-electron chi connectivity index (χ1n) is 5.22. The van der Waals surface area contributed by atoms with Crippen LogP contribution in [0.4, 0.5) is 0 Å². The van der Waals surface area contributed by atoms with Gasteiger partial charge >= 0.3 is 7.12 Å². The van der Waals surface area contributed by atoms with Crippen LogP contribution in [-0.2, 0) is 0 Å². The summed E-state index contributed by atoms with van der Waals surface area (Å²) in [5.74, 6) is 1.19. The highest BCUT2D eigenvalue weighted by atomic mass is 16.5. The molecule has 0 spiro atoms. The van der Waals surface area contributed by atoms with Gasteiger partial charge in [0.15, 0.2) is 0 Å². The second kappa shape index (κ2) is 5.78. The van der Waals surface area contributed by atoms with Gasteiger partial charge in [-0.1, -0.05) is 32.4 Å². The lowest BCUT2D eigenvalue weighted by Crippen LogP contribution is -2.29. The first-order chi connectivity index (χ1) is 7.13. The second-order valence-electron chi connectivity index (χ2n) is 3.77. The molecule has 0 heterocycles. The highest BCUT2D eigenvalue weighted by molar-refractivity contribution is 6.58. The number of benzene rings is 1. The predicted molar refractivity (Wildman–Crippen MR) is 61.2 cm³/mol. The summed E-state index contributed by atoms with van der Waals surface area (Å²) >= 11 is 0. The van der Waals surface area contributed by atoms with Crippen LogP contribution in [-0.4, -0.2) is 23.8 Å². The minimum Gasteiger partial charge on any atom is -0.493 e. The Labute approximate surface area is 90.9 Å². The number of hydrogen-bond donors (Lipinski definition) is 2. The fourth-order valence-corrected chi connectivity index (χ4v) is 1.12. The van der Waals surface area contributed by atoms with Gasteiger partial charge in [0, 0.05) is 0 Å². The topological polar surface area (TPSA) is 49.7 Å². The molecule has 15 heavy (non-hydrogen) atoms. The summed E-state index contributed by atoms with van der Waals surface area (Å²) in [6.07, 6.45) is 1.07. The third kappa shape index (κ3) is 3.94. The minimum atomic E-state index is -1.43. The Morgan fingerprint density at radius 3 is 2.73 bits per heavy atom. The van der Waals surface area contributed by atoms with Crippen molar-refractivity contribution in [3.63, 3.8) is 0 Å². The largest absolute Gasteiger partial charge is 0.493 e. The van der Waals surface area contributed by atoms with Crippen LogP contribution in [0, 0.1) is 5.92 Å². The molecule has 2 N–H and O–H groups in total. The van der Waals surface area contributed by atoms with E-state index in [1.807, 2.05) is 6.07 Å². The van der Waals surface area contributed by atoms with Gasteiger partial charge in [0.2, 0.25) is 0 Å². The van der Waals surface area contributed by atoms with E-state index in [4.69, 9.17) is 14.8 Å². The van der Waals surface area contributed by atoms with E-state index in [0.29, 0.717) is 23.7 Å². The van der Waals surface area contributed by atoms with Crippen molar-refractivity contribution < 1.29 is 14.8 Å². The van der Waals surface area contributed by atoms with Crippen LogP contribution in [0.15, 0.2) is 24.3 Å². The van der Waals surface area contributed by atoms with E-state index in [-0.39, 0.29) is 0 Å². The van der Waals surface area contributed by atoms with Gasteiger partial charge < -0.3 is 14.8 Å². The molecular formula is C11H17BO3. The Hall–Kier alpha value is -0.995. The van der Waals surface area contributed by atoms with Gasteiger partial charge in [0.05, 0.1) is 6.61 Å². The molecule has 4 heteroatoms. The van der Waals surface area contributed by atoms with Crippen LogP contribution in [0.3, 0.4) is 0 Å². The zero-order chi connectivity index (χ0) is 11.3. The van der Waals surface area contributed by atoms with Crippen LogP contribution in [0.25, 0.3) is 0 Å². The first kappa shape index (κ1) is 12.1. The lowest BCUT2D eigenvalue weighted by Gasteiger charge is -2.11. The fraction of sp³-hybridized carbons (Fsp3) is 0.455. The van der Waals surface area contributed by atoms with Crippen molar-refractivity contribution in [2.24, 2.45) is 5.92 Å². The number of rotatable bonds is 5.